The molecule has 1 N–H and O–H groups in total. The molecule has 2 aromatic carbocycles. The van der Waals surface area contributed by atoms with Crippen LogP contribution in [0.2, 0.25) is 0 Å². The number of sulfonamides is 1. The summed E-state index contributed by atoms with van der Waals surface area (Å²) >= 11 is 0. The average Bonchev–Trinajstić information content (AvgIpc) is 3.68. The van der Waals surface area contributed by atoms with E-state index in [4.69, 9.17) is 4.74 Å². The Morgan fingerprint density at radius 3 is 2.35 bits per heavy atom. The van der Waals surface area contributed by atoms with E-state index in [0.29, 0.717) is 56.8 Å². The summed E-state index contributed by atoms with van der Waals surface area (Å²) in [5, 5.41) is 0. The van der Waals surface area contributed by atoms with Crippen molar-refractivity contribution in [3.05, 3.63) is 59.7 Å². The minimum Gasteiger partial charge on any atom is -0.496 e. The van der Waals surface area contributed by atoms with Crippen LogP contribution >= 0.6 is 0 Å². The molecule has 0 unspecified atom stereocenters. The van der Waals surface area contributed by atoms with Crippen molar-refractivity contribution in [1.29, 1.82) is 0 Å². The second-order valence-electron chi connectivity index (χ2n) is 8.77. The number of nitrogens with zero attached hydrogens (tertiary/aromatic N) is 2. The zero-order valence-corrected chi connectivity index (χ0v) is 20.2. The number of carbonyl (C=O) groups excluding carboxylic acids is 2. The Kier molecular flexibility index (Phi) is 7.53. The van der Waals surface area contributed by atoms with Crippen molar-refractivity contribution in [2.24, 2.45) is 0 Å². The van der Waals surface area contributed by atoms with Gasteiger partial charge in [-0.25, -0.2) is 13.1 Å². The molecule has 9 heteroatoms. The van der Waals surface area contributed by atoms with E-state index in [9.17, 15) is 18.0 Å². The monoisotopic (exact) mass is 485 g/mol. The third kappa shape index (κ3) is 5.95. The van der Waals surface area contributed by atoms with Crippen LogP contribution in [-0.2, 0) is 21.2 Å². The number of ether oxygens (including phenoxy) is 1. The number of rotatable bonds is 8. The van der Waals surface area contributed by atoms with Crippen LogP contribution in [0.15, 0.2) is 53.4 Å². The first-order valence-electron chi connectivity index (χ1n) is 11.7. The van der Waals surface area contributed by atoms with Gasteiger partial charge in [-0.15, -0.1) is 0 Å². The van der Waals surface area contributed by atoms with Crippen molar-refractivity contribution in [2.75, 3.05) is 33.3 Å². The molecule has 0 radical (unpaired) electrons. The third-order valence-corrected chi connectivity index (χ3v) is 7.77. The lowest BCUT2D eigenvalue weighted by molar-refractivity contribution is -0.131. The van der Waals surface area contributed by atoms with Crippen LogP contribution in [-0.4, -0.2) is 69.4 Å². The number of para-hydroxylation sites is 1. The SMILES string of the molecule is COc1ccccc1C(=O)N1CCCN(C(=O)CCc2ccc(S(=O)(=O)NC3CC3)cc2)CC1. The van der Waals surface area contributed by atoms with Gasteiger partial charge in [-0.3, -0.25) is 9.59 Å². The Morgan fingerprint density at radius 1 is 0.971 bits per heavy atom. The fourth-order valence-electron chi connectivity index (χ4n) is 4.09. The maximum absolute atomic E-state index is 13.0. The standard InChI is InChI=1S/C25H31N3O5S/c1-33-23-6-3-2-5-22(23)25(30)28-16-4-15-27(17-18-28)24(29)14-9-19-7-12-21(13-8-19)34(31,32)26-20-10-11-20/h2-3,5-8,12-13,20,26H,4,9-11,14-18H2,1H3. The van der Waals surface area contributed by atoms with Crippen LogP contribution in [0.25, 0.3) is 0 Å². The number of nitrogens with one attached hydrogen (secondary N) is 1. The van der Waals surface area contributed by atoms with Gasteiger partial charge in [0.2, 0.25) is 15.9 Å². The van der Waals surface area contributed by atoms with Gasteiger partial charge in [-0.1, -0.05) is 24.3 Å². The van der Waals surface area contributed by atoms with E-state index in [2.05, 4.69) is 4.72 Å². The summed E-state index contributed by atoms with van der Waals surface area (Å²) in [5.41, 5.74) is 1.45. The van der Waals surface area contributed by atoms with Gasteiger partial charge in [0.1, 0.15) is 5.75 Å². The van der Waals surface area contributed by atoms with Crippen molar-refractivity contribution >= 4 is 21.8 Å². The van der Waals surface area contributed by atoms with Crippen LogP contribution in [0.1, 0.15) is 41.6 Å². The van der Waals surface area contributed by atoms with Crippen molar-refractivity contribution in [1.82, 2.24) is 14.5 Å². The molecule has 2 aliphatic rings. The Labute approximate surface area is 200 Å². The molecular formula is C25H31N3O5S. The van der Waals surface area contributed by atoms with E-state index in [1.807, 2.05) is 17.0 Å². The fourth-order valence-corrected chi connectivity index (χ4v) is 5.40. The van der Waals surface area contributed by atoms with Gasteiger partial charge in [-0.2, -0.15) is 0 Å². The highest BCUT2D eigenvalue weighted by molar-refractivity contribution is 7.89. The number of hydrogen-bond donors (Lipinski definition) is 1. The van der Waals surface area contributed by atoms with Crippen molar-refractivity contribution in [3.63, 3.8) is 0 Å². The van der Waals surface area contributed by atoms with Gasteiger partial charge >= 0.3 is 0 Å². The van der Waals surface area contributed by atoms with Gasteiger partial charge in [-0.05, 0) is 55.5 Å². The number of carbonyl (C=O) groups is 2. The first-order valence-corrected chi connectivity index (χ1v) is 13.2. The highest BCUT2D eigenvalue weighted by Gasteiger charge is 2.28. The lowest BCUT2D eigenvalue weighted by Crippen LogP contribution is -2.37. The highest BCUT2D eigenvalue weighted by atomic mass is 32.2. The molecule has 4 rings (SSSR count). The van der Waals surface area contributed by atoms with Crippen LogP contribution in [0.5, 0.6) is 5.75 Å². The maximum atomic E-state index is 13.0. The number of hydrogen-bond acceptors (Lipinski definition) is 5. The molecule has 0 bridgehead atoms. The van der Waals surface area contributed by atoms with E-state index in [1.54, 1.807) is 48.4 Å². The Morgan fingerprint density at radius 2 is 1.65 bits per heavy atom. The van der Waals surface area contributed by atoms with Crippen LogP contribution < -0.4 is 9.46 Å². The topological polar surface area (TPSA) is 96.0 Å². The Bertz CT molecular complexity index is 1130. The minimum atomic E-state index is -3.47. The molecule has 1 saturated carbocycles. The smallest absolute Gasteiger partial charge is 0.257 e. The molecule has 8 nitrogen and oxygen atoms in total. The van der Waals surface area contributed by atoms with Crippen LogP contribution in [0, 0.1) is 0 Å². The molecule has 0 aromatic heterocycles. The van der Waals surface area contributed by atoms with Crippen LogP contribution in [0.3, 0.4) is 0 Å². The summed E-state index contributed by atoms with van der Waals surface area (Å²) < 4.78 is 32.6. The Hall–Kier alpha value is -2.91. The highest BCUT2D eigenvalue weighted by Crippen LogP contribution is 2.23. The molecule has 0 atom stereocenters. The third-order valence-electron chi connectivity index (χ3n) is 6.23. The second-order valence-corrected chi connectivity index (χ2v) is 10.5. The predicted octanol–water partition coefficient (Wildman–Crippen LogP) is 2.44. The molecule has 1 saturated heterocycles. The lowest BCUT2D eigenvalue weighted by atomic mass is 10.1. The fraction of sp³-hybridized carbons (Fsp3) is 0.440. The molecule has 0 spiro atoms. The second kappa shape index (κ2) is 10.6. The molecule has 1 aliphatic heterocycles. The summed E-state index contributed by atoms with van der Waals surface area (Å²) in [5.74, 6) is 0.503. The van der Waals surface area contributed by atoms with E-state index >= 15 is 0 Å². The average molecular weight is 486 g/mol. The van der Waals surface area contributed by atoms with Crippen molar-refractivity contribution in [3.8, 4) is 5.75 Å². The summed E-state index contributed by atoms with van der Waals surface area (Å²) in [6, 6.07) is 14.0. The quantitative estimate of drug-likeness (QED) is 0.620. The van der Waals surface area contributed by atoms with Gasteiger partial charge in [0, 0.05) is 38.6 Å². The zero-order valence-electron chi connectivity index (χ0n) is 19.4. The molecular weight excluding hydrogens is 454 g/mol. The van der Waals surface area contributed by atoms with E-state index in [1.165, 1.54) is 0 Å². The largest absolute Gasteiger partial charge is 0.496 e. The van der Waals surface area contributed by atoms with Crippen molar-refractivity contribution < 1.29 is 22.7 Å². The first-order chi connectivity index (χ1) is 16.4. The number of aryl methyl sites for hydroxylation is 1. The molecule has 1 heterocycles. The van der Waals surface area contributed by atoms with E-state index < -0.39 is 10.0 Å². The lowest BCUT2D eigenvalue weighted by Gasteiger charge is -2.23. The van der Waals surface area contributed by atoms with Crippen LogP contribution in [0.4, 0.5) is 0 Å². The molecule has 2 amide bonds. The zero-order chi connectivity index (χ0) is 24.1. The van der Waals surface area contributed by atoms with Crippen molar-refractivity contribution in [2.45, 2.75) is 43.0 Å². The van der Waals surface area contributed by atoms with Gasteiger partial charge in [0.25, 0.3) is 5.91 Å². The number of benzene rings is 2. The minimum absolute atomic E-state index is 0.0405. The summed E-state index contributed by atoms with van der Waals surface area (Å²) in [4.78, 5) is 29.6. The molecule has 2 fully saturated rings. The van der Waals surface area contributed by atoms with Gasteiger partial charge in [0.05, 0.1) is 17.6 Å². The van der Waals surface area contributed by atoms with E-state index in [-0.39, 0.29) is 22.8 Å². The maximum Gasteiger partial charge on any atom is 0.257 e. The molecule has 34 heavy (non-hydrogen) atoms. The summed E-state index contributed by atoms with van der Waals surface area (Å²) in [6.07, 6.45) is 3.38. The molecule has 2 aromatic rings. The Balaban J connectivity index is 1.29. The normalized spacial score (nSPS) is 16.7. The number of methoxy groups -OCH3 is 1. The summed E-state index contributed by atoms with van der Waals surface area (Å²) in [7, 11) is -1.92. The first kappa shape index (κ1) is 24.2. The van der Waals surface area contributed by atoms with Gasteiger partial charge < -0.3 is 14.5 Å². The van der Waals surface area contributed by atoms with Gasteiger partial charge in [0.15, 0.2) is 0 Å². The molecule has 182 valence electrons. The molecule has 1 aliphatic carbocycles. The predicted molar refractivity (Wildman–Crippen MR) is 128 cm³/mol. The number of amides is 2. The summed E-state index contributed by atoms with van der Waals surface area (Å²) in [6.45, 7) is 2.16. The van der Waals surface area contributed by atoms with E-state index in [0.717, 1.165) is 18.4 Å².